The Balaban J connectivity index is 3.12. The molecule has 1 atom stereocenters. The Kier molecular flexibility index (Phi) is 5.10. The summed E-state index contributed by atoms with van der Waals surface area (Å²) >= 11 is 0. The number of hydrogen-bond acceptors (Lipinski definition) is 1. The molecule has 1 nitrogen and oxygen atoms in total. The van der Waals surface area contributed by atoms with Gasteiger partial charge in [0.15, 0.2) is 0 Å². The van der Waals surface area contributed by atoms with E-state index >= 15 is 0 Å². The molecular weight excluding hydrogens is 208 g/mol. The van der Waals surface area contributed by atoms with E-state index in [2.05, 4.69) is 38.8 Å². The first-order valence-electron chi connectivity index (χ1n) is 6.23. The highest BCUT2D eigenvalue weighted by Gasteiger charge is 2.14. The first-order chi connectivity index (χ1) is 8.15. The van der Waals surface area contributed by atoms with Crippen molar-refractivity contribution in [2.75, 3.05) is 7.11 Å². The molecule has 0 saturated heterocycles. The third-order valence-corrected chi connectivity index (χ3v) is 3.44. The van der Waals surface area contributed by atoms with Crippen LogP contribution in [0.25, 0.3) is 0 Å². The van der Waals surface area contributed by atoms with Crippen molar-refractivity contribution in [1.82, 2.24) is 0 Å². The van der Waals surface area contributed by atoms with Crippen LogP contribution >= 0.6 is 0 Å². The zero-order chi connectivity index (χ0) is 12.8. The first-order valence-corrected chi connectivity index (χ1v) is 6.23. The Labute approximate surface area is 105 Å². The van der Waals surface area contributed by atoms with E-state index in [-0.39, 0.29) is 0 Å². The van der Waals surface area contributed by atoms with E-state index in [1.807, 2.05) is 0 Å². The second kappa shape index (κ2) is 6.35. The second-order valence-corrected chi connectivity index (χ2v) is 4.50. The van der Waals surface area contributed by atoms with E-state index in [0.717, 1.165) is 25.0 Å². The molecule has 0 heterocycles. The summed E-state index contributed by atoms with van der Waals surface area (Å²) in [6.07, 6.45) is 8.60. The summed E-state index contributed by atoms with van der Waals surface area (Å²) < 4.78 is 5.34. The van der Waals surface area contributed by atoms with E-state index < -0.39 is 0 Å². The van der Waals surface area contributed by atoms with Gasteiger partial charge in [-0.2, -0.15) is 0 Å². The molecule has 0 amide bonds. The van der Waals surface area contributed by atoms with E-state index in [1.54, 1.807) is 7.11 Å². The zero-order valence-electron chi connectivity index (χ0n) is 11.3. The molecule has 1 rings (SSSR count). The largest absolute Gasteiger partial charge is 0.496 e. The van der Waals surface area contributed by atoms with Crippen LogP contribution in [-0.4, -0.2) is 7.11 Å². The van der Waals surface area contributed by atoms with Crippen LogP contribution in [0.15, 0.2) is 12.1 Å². The molecule has 1 heteroatoms. The van der Waals surface area contributed by atoms with Crippen molar-refractivity contribution in [2.45, 2.75) is 46.0 Å². The van der Waals surface area contributed by atoms with Gasteiger partial charge in [0.2, 0.25) is 0 Å². The fourth-order valence-electron chi connectivity index (χ4n) is 2.34. The van der Waals surface area contributed by atoms with Gasteiger partial charge in [0.1, 0.15) is 5.75 Å². The molecule has 0 aliphatic heterocycles. The summed E-state index contributed by atoms with van der Waals surface area (Å²) in [5.74, 6) is 4.24. The molecule has 0 saturated carbocycles. The van der Waals surface area contributed by atoms with Crippen LogP contribution < -0.4 is 4.74 Å². The van der Waals surface area contributed by atoms with Gasteiger partial charge >= 0.3 is 0 Å². The predicted octanol–water partition coefficient (Wildman–Crippen LogP) is 4.22. The lowest BCUT2D eigenvalue weighted by molar-refractivity contribution is 0.411. The van der Waals surface area contributed by atoms with E-state index in [4.69, 9.17) is 11.2 Å². The monoisotopic (exact) mass is 230 g/mol. The highest BCUT2D eigenvalue weighted by Crippen LogP contribution is 2.32. The molecule has 0 bridgehead atoms. The maximum absolute atomic E-state index is 5.47. The number of hydrogen-bond donors (Lipinski definition) is 0. The molecule has 0 aromatic heterocycles. The van der Waals surface area contributed by atoms with Crippen molar-refractivity contribution in [3.63, 3.8) is 0 Å². The minimum atomic E-state index is 0.481. The van der Waals surface area contributed by atoms with Gasteiger partial charge in [-0.15, -0.1) is 12.3 Å². The minimum Gasteiger partial charge on any atom is -0.496 e. The summed E-state index contributed by atoms with van der Waals surface area (Å²) in [6, 6.07) is 4.22. The van der Waals surface area contributed by atoms with Gasteiger partial charge in [-0.3, -0.25) is 0 Å². The van der Waals surface area contributed by atoms with Gasteiger partial charge in [-0.25, -0.2) is 0 Å². The molecule has 92 valence electrons. The molecule has 1 aromatic rings. The fourth-order valence-corrected chi connectivity index (χ4v) is 2.34. The van der Waals surface area contributed by atoms with Gasteiger partial charge in [-0.05, 0) is 48.9 Å². The van der Waals surface area contributed by atoms with Crippen LogP contribution in [0, 0.1) is 26.2 Å². The summed E-state index contributed by atoms with van der Waals surface area (Å²) in [7, 11) is 1.71. The first kappa shape index (κ1) is 13.6. The zero-order valence-corrected chi connectivity index (χ0v) is 11.3. The lowest BCUT2D eigenvalue weighted by Gasteiger charge is -2.19. The van der Waals surface area contributed by atoms with Crippen molar-refractivity contribution in [3.05, 3.63) is 28.8 Å². The lowest BCUT2D eigenvalue weighted by Crippen LogP contribution is -2.03. The normalized spacial score (nSPS) is 11.9. The van der Waals surface area contributed by atoms with E-state index in [0.29, 0.717) is 5.92 Å². The molecule has 0 radical (unpaired) electrons. The summed E-state index contributed by atoms with van der Waals surface area (Å²) in [5.41, 5.74) is 3.92. The van der Waals surface area contributed by atoms with Crippen LogP contribution in [0.5, 0.6) is 5.75 Å². The number of ether oxygens (including phenoxy) is 1. The third-order valence-electron chi connectivity index (χ3n) is 3.44. The van der Waals surface area contributed by atoms with Crippen LogP contribution in [0.1, 0.15) is 48.8 Å². The predicted molar refractivity (Wildman–Crippen MR) is 73.6 cm³/mol. The standard InChI is InChI=1S/C16H22O/c1-6-8-14(9-7-2)15-10-11-16(17-5)13(4)12(15)3/h1,10-11,14H,7-9H2,2-5H3. The van der Waals surface area contributed by atoms with Gasteiger partial charge in [-0.1, -0.05) is 19.4 Å². The minimum absolute atomic E-state index is 0.481. The molecule has 0 aliphatic carbocycles. The van der Waals surface area contributed by atoms with Crippen LogP contribution in [0.4, 0.5) is 0 Å². The van der Waals surface area contributed by atoms with Crippen molar-refractivity contribution in [2.24, 2.45) is 0 Å². The Morgan fingerprint density at radius 1 is 1.29 bits per heavy atom. The molecule has 0 spiro atoms. The molecule has 0 N–H and O–H groups in total. The van der Waals surface area contributed by atoms with Crippen molar-refractivity contribution in [3.8, 4) is 18.1 Å². The summed E-state index contributed by atoms with van der Waals surface area (Å²) in [4.78, 5) is 0. The smallest absolute Gasteiger partial charge is 0.122 e. The Morgan fingerprint density at radius 3 is 2.53 bits per heavy atom. The number of benzene rings is 1. The lowest BCUT2D eigenvalue weighted by atomic mass is 9.87. The summed E-state index contributed by atoms with van der Waals surface area (Å²) in [6.45, 7) is 6.47. The molecule has 1 unspecified atom stereocenters. The highest BCUT2D eigenvalue weighted by atomic mass is 16.5. The highest BCUT2D eigenvalue weighted by molar-refractivity contribution is 5.45. The van der Waals surface area contributed by atoms with Gasteiger partial charge < -0.3 is 4.74 Å². The average Bonchev–Trinajstić information content (AvgIpc) is 2.32. The van der Waals surface area contributed by atoms with Crippen molar-refractivity contribution < 1.29 is 4.74 Å². The number of terminal acetylenes is 1. The fraction of sp³-hybridized carbons (Fsp3) is 0.500. The third kappa shape index (κ3) is 3.03. The Morgan fingerprint density at radius 2 is 2.00 bits per heavy atom. The molecule has 0 aliphatic rings. The van der Waals surface area contributed by atoms with Crippen LogP contribution in [0.3, 0.4) is 0 Å². The average molecular weight is 230 g/mol. The summed E-state index contributed by atoms with van der Waals surface area (Å²) in [5, 5.41) is 0. The van der Waals surface area contributed by atoms with Crippen LogP contribution in [-0.2, 0) is 0 Å². The maximum atomic E-state index is 5.47. The quantitative estimate of drug-likeness (QED) is 0.688. The molecule has 0 fully saturated rings. The second-order valence-electron chi connectivity index (χ2n) is 4.50. The van der Waals surface area contributed by atoms with E-state index in [9.17, 15) is 0 Å². The topological polar surface area (TPSA) is 9.23 Å². The van der Waals surface area contributed by atoms with Crippen LogP contribution in [0.2, 0.25) is 0 Å². The SMILES string of the molecule is C#CCC(CCC)c1ccc(OC)c(C)c1C. The Bertz CT molecular complexity index is 412. The van der Waals surface area contributed by atoms with Crippen molar-refractivity contribution in [1.29, 1.82) is 0 Å². The number of rotatable bonds is 5. The van der Waals surface area contributed by atoms with Gasteiger partial charge in [0.05, 0.1) is 7.11 Å². The van der Waals surface area contributed by atoms with Gasteiger partial charge in [0, 0.05) is 6.42 Å². The number of methoxy groups -OCH3 is 1. The molecular formula is C16H22O. The van der Waals surface area contributed by atoms with E-state index in [1.165, 1.54) is 16.7 Å². The molecule has 17 heavy (non-hydrogen) atoms. The molecule has 1 aromatic carbocycles. The van der Waals surface area contributed by atoms with Gasteiger partial charge in [0.25, 0.3) is 0 Å². The van der Waals surface area contributed by atoms with Crippen molar-refractivity contribution >= 4 is 0 Å². The maximum Gasteiger partial charge on any atom is 0.122 e. The Hall–Kier alpha value is -1.42.